The van der Waals surface area contributed by atoms with Gasteiger partial charge in [0.2, 0.25) is 15.9 Å². The summed E-state index contributed by atoms with van der Waals surface area (Å²) in [4.78, 5) is 33.9. The number of likely N-dealkylation sites (tertiary alicyclic amines) is 1. The Morgan fingerprint density at radius 2 is 1.94 bits per heavy atom. The van der Waals surface area contributed by atoms with E-state index in [1.807, 2.05) is 4.90 Å². The monoisotopic (exact) mass is 462 g/mol. The predicted molar refractivity (Wildman–Crippen MR) is 117 cm³/mol. The van der Waals surface area contributed by atoms with Crippen molar-refractivity contribution in [2.75, 3.05) is 18.8 Å². The van der Waals surface area contributed by atoms with E-state index in [-0.39, 0.29) is 27.5 Å². The number of sulfonamides is 1. The number of nitrogens with two attached hydrogens (primary N) is 1. The number of fused-ring (bicyclic) bond motifs is 1. The van der Waals surface area contributed by atoms with E-state index in [1.54, 1.807) is 0 Å². The van der Waals surface area contributed by atoms with E-state index >= 15 is 0 Å². The molecule has 164 valence electrons. The van der Waals surface area contributed by atoms with Crippen LogP contribution in [0, 0.1) is 5.92 Å². The molecule has 12 heteroatoms. The van der Waals surface area contributed by atoms with Gasteiger partial charge in [0.1, 0.15) is 5.39 Å². The Kier molecular flexibility index (Phi) is 5.86. The summed E-state index contributed by atoms with van der Waals surface area (Å²) >= 11 is 1.17. The Morgan fingerprint density at radius 1 is 1.26 bits per heavy atom. The summed E-state index contributed by atoms with van der Waals surface area (Å²) in [5, 5.41) is 9.94. The Labute approximate surface area is 182 Å². The zero-order chi connectivity index (χ0) is 22.2. The van der Waals surface area contributed by atoms with E-state index in [9.17, 15) is 18.0 Å². The summed E-state index contributed by atoms with van der Waals surface area (Å²) in [5.41, 5.74) is 0.475. The second-order valence-corrected chi connectivity index (χ2v) is 10.1. The minimum Gasteiger partial charge on any atom is -0.342 e. The number of aromatic nitrogens is 4. The fourth-order valence-corrected chi connectivity index (χ4v) is 4.69. The van der Waals surface area contributed by atoms with E-state index in [1.165, 1.54) is 46.9 Å². The fraction of sp³-hybridized carbons (Fsp3) is 0.368. The molecular formula is C19H22N6O4S2. The highest BCUT2D eigenvalue weighted by Crippen LogP contribution is 2.21. The minimum absolute atomic E-state index is 0.0201. The average molecular weight is 463 g/mol. The van der Waals surface area contributed by atoms with Gasteiger partial charge in [-0.05, 0) is 43.0 Å². The number of hydrogen-bond donors (Lipinski definition) is 2. The third kappa shape index (κ3) is 4.65. The maximum atomic E-state index is 12.5. The van der Waals surface area contributed by atoms with Crippen LogP contribution in [0.2, 0.25) is 0 Å². The number of rotatable bonds is 5. The highest BCUT2D eigenvalue weighted by atomic mass is 32.2. The van der Waals surface area contributed by atoms with Crippen molar-refractivity contribution >= 4 is 38.7 Å². The lowest BCUT2D eigenvalue weighted by molar-refractivity contribution is -0.129. The topological polar surface area (TPSA) is 144 Å². The Bertz CT molecular complexity index is 1270. The van der Waals surface area contributed by atoms with Crippen LogP contribution >= 0.6 is 11.8 Å². The molecule has 1 aliphatic heterocycles. The predicted octanol–water partition coefficient (Wildman–Crippen LogP) is 1.11. The first kappa shape index (κ1) is 21.5. The van der Waals surface area contributed by atoms with Gasteiger partial charge in [-0.1, -0.05) is 18.7 Å². The molecule has 3 aromatic rings. The molecule has 0 aliphatic carbocycles. The van der Waals surface area contributed by atoms with Gasteiger partial charge < -0.3 is 9.88 Å². The van der Waals surface area contributed by atoms with Gasteiger partial charge in [0.05, 0.1) is 22.5 Å². The summed E-state index contributed by atoms with van der Waals surface area (Å²) in [5.74, 6) is 0.836. The van der Waals surface area contributed by atoms with Crippen LogP contribution in [0.15, 0.2) is 45.3 Å². The number of H-pyrrole nitrogens is 1. The summed E-state index contributed by atoms with van der Waals surface area (Å²) < 4.78 is 24.3. The molecule has 0 spiro atoms. The zero-order valence-electron chi connectivity index (χ0n) is 16.8. The lowest BCUT2D eigenvalue weighted by atomic mass is 9.99. The Hall–Kier alpha value is -2.70. The van der Waals surface area contributed by atoms with Crippen molar-refractivity contribution in [3.05, 3.63) is 40.8 Å². The molecule has 4 rings (SSSR count). The maximum absolute atomic E-state index is 12.5. The molecule has 1 aliphatic rings. The maximum Gasteiger partial charge on any atom is 0.262 e. The van der Waals surface area contributed by atoms with Gasteiger partial charge in [-0.15, -0.1) is 0 Å². The second kappa shape index (κ2) is 8.44. The number of primary sulfonamides is 1. The van der Waals surface area contributed by atoms with Gasteiger partial charge in [0, 0.05) is 13.1 Å². The minimum atomic E-state index is -3.81. The van der Waals surface area contributed by atoms with Gasteiger partial charge in [-0.25, -0.2) is 23.2 Å². The molecule has 1 aromatic carbocycles. The van der Waals surface area contributed by atoms with E-state index < -0.39 is 10.0 Å². The molecule has 3 N–H and O–H groups in total. The first-order chi connectivity index (χ1) is 14.7. The van der Waals surface area contributed by atoms with E-state index in [0.717, 1.165) is 25.9 Å². The van der Waals surface area contributed by atoms with Crippen molar-refractivity contribution in [1.29, 1.82) is 0 Å². The highest BCUT2D eigenvalue weighted by Gasteiger charge is 2.21. The number of nitrogens with zero attached hydrogens (tertiary/aromatic N) is 4. The Balaban J connectivity index is 1.56. The SMILES string of the molecule is CC1CCN(C(=O)CSc2nc3c(cnn3-c3ccc(S(N)(=O)=O)cc3)c(=O)[nH]2)CC1. The third-order valence-electron chi connectivity index (χ3n) is 5.29. The van der Waals surface area contributed by atoms with Crippen molar-refractivity contribution < 1.29 is 13.2 Å². The molecule has 2 aromatic heterocycles. The largest absolute Gasteiger partial charge is 0.342 e. The highest BCUT2D eigenvalue weighted by molar-refractivity contribution is 7.99. The number of nitrogens with one attached hydrogen (secondary N) is 1. The molecule has 0 atom stereocenters. The number of benzene rings is 1. The van der Waals surface area contributed by atoms with E-state index in [2.05, 4.69) is 22.0 Å². The number of amides is 1. The van der Waals surface area contributed by atoms with E-state index in [4.69, 9.17) is 5.14 Å². The molecule has 31 heavy (non-hydrogen) atoms. The smallest absolute Gasteiger partial charge is 0.262 e. The molecule has 1 amide bonds. The summed E-state index contributed by atoms with van der Waals surface area (Å²) in [6.45, 7) is 3.70. The van der Waals surface area contributed by atoms with Crippen molar-refractivity contribution in [3.63, 3.8) is 0 Å². The number of aromatic amines is 1. The summed E-state index contributed by atoms with van der Waals surface area (Å²) in [6.07, 6.45) is 3.39. The van der Waals surface area contributed by atoms with Crippen molar-refractivity contribution in [3.8, 4) is 5.69 Å². The van der Waals surface area contributed by atoms with Crippen LogP contribution in [0.1, 0.15) is 19.8 Å². The average Bonchev–Trinajstić information content (AvgIpc) is 3.16. The molecule has 1 fully saturated rings. The Morgan fingerprint density at radius 3 is 2.58 bits per heavy atom. The molecule has 0 unspecified atom stereocenters. The van der Waals surface area contributed by atoms with Crippen LogP contribution in [-0.2, 0) is 14.8 Å². The number of carbonyl (C=O) groups excluding carboxylic acids is 1. The number of piperidine rings is 1. The van der Waals surface area contributed by atoms with Crippen molar-refractivity contribution in [2.45, 2.75) is 29.8 Å². The van der Waals surface area contributed by atoms with Gasteiger partial charge in [-0.2, -0.15) is 5.10 Å². The van der Waals surface area contributed by atoms with Crippen LogP contribution < -0.4 is 10.7 Å². The molecule has 3 heterocycles. The molecule has 0 saturated carbocycles. The van der Waals surface area contributed by atoms with Crippen molar-refractivity contribution in [2.24, 2.45) is 11.1 Å². The fourth-order valence-electron chi connectivity index (χ4n) is 3.41. The number of carbonyl (C=O) groups is 1. The number of thioether (sulfide) groups is 1. The molecule has 1 saturated heterocycles. The lowest BCUT2D eigenvalue weighted by Crippen LogP contribution is -2.38. The first-order valence-corrected chi connectivity index (χ1v) is 12.3. The molecular weight excluding hydrogens is 440 g/mol. The normalized spacial score (nSPS) is 15.5. The standard InChI is InChI=1S/C19H22N6O4S2/c1-12-6-8-24(9-7-12)16(26)11-30-19-22-17-15(18(27)23-19)10-21-25(17)13-2-4-14(5-3-13)31(20,28)29/h2-5,10,12H,6-9,11H2,1H3,(H2,20,28,29)(H,22,23,27). The second-order valence-electron chi connectivity index (χ2n) is 7.56. The van der Waals surface area contributed by atoms with E-state index in [0.29, 0.717) is 22.4 Å². The van der Waals surface area contributed by atoms with Gasteiger partial charge in [-0.3, -0.25) is 9.59 Å². The summed E-state index contributed by atoms with van der Waals surface area (Å²) in [7, 11) is -3.81. The quantitative estimate of drug-likeness (QED) is 0.427. The molecule has 10 nitrogen and oxygen atoms in total. The number of hydrogen-bond acceptors (Lipinski definition) is 7. The van der Waals surface area contributed by atoms with Gasteiger partial charge >= 0.3 is 0 Å². The van der Waals surface area contributed by atoms with Crippen LogP contribution in [0.4, 0.5) is 0 Å². The van der Waals surface area contributed by atoms with Crippen LogP contribution in [0.3, 0.4) is 0 Å². The zero-order valence-corrected chi connectivity index (χ0v) is 18.4. The van der Waals surface area contributed by atoms with Gasteiger partial charge in [0.25, 0.3) is 5.56 Å². The molecule has 0 bridgehead atoms. The molecule has 0 radical (unpaired) electrons. The van der Waals surface area contributed by atoms with Crippen LogP contribution in [0.25, 0.3) is 16.7 Å². The van der Waals surface area contributed by atoms with Crippen molar-refractivity contribution in [1.82, 2.24) is 24.6 Å². The van der Waals surface area contributed by atoms with Gasteiger partial charge in [0.15, 0.2) is 10.8 Å². The van der Waals surface area contributed by atoms with Crippen LogP contribution in [-0.4, -0.2) is 57.8 Å². The summed E-state index contributed by atoms with van der Waals surface area (Å²) in [6, 6.07) is 5.78. The lowest BCUT2D eigenvalue weighted by Gasteiger charge is -2.30. The third-order valence-corrected chi connectivity index (χ3v) is 7.08. The van der Waals surface area contributed by atoms with Crippen LogP contribution in [0.5, 0.6) is 0 Å². The first-order valence-electron chi connectivity index (χ1n) is 9.74.